The number of halogens is 2. The average molecular weight is 390 g/mol. The molecule has 4 aromatic rings. The number of fused-ring (bicyclic) bond motifs is 3. The molecule has 0 saturated carbocycles. The lowest BCUT2D eigenvalue weighted by molar-refractivity contribution is 0.0298. The normalized spacial score (nSPS) is 11.3. The predicted octanol–water partition coefficient (Wildman–Crippen LogP) is 4.83. The van der Waals surface area contributed by atoms with Crippen molar-refractivity contribution >= 4 is 56.9 Å². The highest BCUT2D eigenvalue weighted by Gasteiger charge is 2.16. The Labute approximate surface area is 158 Å². The van der Waals surface area contributed by atoms with E-state index in [9.17, 15) is 10.4 Å². The molecule has 4 rings (SSSR count). The van der Waals surface area contributed by atoms with E-state index in [4.69, 9.17) is 23.2 Å². The Morgan fingerprint density at radius 2 is 1.96 bits per heavy atom. The molecule has 0 fully saturated rings. The van der Waals surface area contributed by atoms with E-state index in [0.29, 0.717) is 38.1 Å². The van der Waals surface area contributed by atoms with Crippen molar-refractivity contribution in [2.75, 3.05) is 10.5 Å². The van der Waals surface area contributed by atoms with Gasteiger partial charge >= 0.3 is 0 Å². The molecule has 2 aromatic heterocycles. The minimum absolute atomic E-state index is 0.0604. The Hall–Kier alpha value is -2.58. The number of hydrogen-bond donors (Lipinski definition) is 3. The van der Waals surface area contributed by atoms with Crippen molar-refractivity contribution in [1.82, 2.24) is 14.4 Å². The molecule has 132 valence electrons. The molecule has 2 aromatic carbocycles. The summed E-state index contributed by atoms with van der Waals surface area (Å²) in [7, 11) is 0. The first-order valence-corrected chi connectivity index (χ1v) is 8.37. The predicted molar refractivity (Wildman–Crippen MR) is 101 cm³/mol. The van der Waals surface area contributed by atoms with Gasteiger partial charge in [0.1, 0.15) is 16.7 Å². The van der Waals surface area contributed by atoms with Crippen LogP contribution in [0.15, 0.2) is 42.9 Å². The highest BCUT2D eigenvalue weighted by molar-refractivity contribution is 6.39. The number of hydrogen-bond acceptors (Lipinski definition) is 6. The van der Waals surface area contributed by atoms with Crippen molar-refractivity contribution in [3.63, 3.8) is 0 Å². The summed E-state index contributed by atoms with van der Waals surface area (Å²) in [6.07, 6.45) is 3.18. The fourth-order valence-corrected chi connectivity index (χ4v) is 3.29. The summed E-state index contributed by atoms with van der Waals surface area (Å²) in [6, 6.07) is 8.58. The van der Waals surface area contributed by atoms with Crippen LogP contribution >= 0.6 is 23.2 Å². The van der Waals surface area contributed by atoms with Crippen LogP contribution in [0.2, 0.25) is 10.0 Å². The minimum atomic E-state index is 0.0604. The van der Waals surface area contributed by atoms with E-state index in [1.165, 1.54) is 0 Å². The zero-order chi connectivity index (χ0) is 18.4. The van der Waals surface area contributed by atoms with Gasteiger partial charge in [-0.15, -0.1) is 5.23 Å². The maximum Gasteiger partial charge on any atom is 0.157 e. The molecule has 0 unspecified atom stereocenters. The van der Waals surface area contributed by atoms with Gasteiger partial charge in [-0.05, 0) is 30.7 Å². The van der Waals surface area contributed by atoms with E-state index in [1.807, 2.05) is 13.0 Å². The van der Waals surface area contributed by atoms with Gasteiger partial charge in [-0.25, -0.2) is 9.97 Å². The molecule has 2 heterocycles. The van der Waals surface area contributed by atoms with Crippen LogP contribution in [0.3, 0.4) is 0 Å². The first kappa shape index (κ1) is 16.9. The molecular formula is C17H13Cl2N5O2. The van der Waals surface area contributed by atoms with Gasteiger partial charge in [-0.2, -0.15) is 0 Å². The Morgan fingerprint density at radius 3 is 2.73 bits per heavy atom. The molecule has 0 amide bonds. The number of nitrogens with one attached hydrogen (secondary N) is 1. The first-order chi connectivity index (χ1) is 12.5. The number of aryl methyl sites for hydroxylation is 1. The number of para-hydroxylation sites is 1. The Kier molecular flexibility index (Phi) is 4.08. The fraction of sp³-hybridized carbons (Fsp3) is 0.0588. The number of benzene rings is 2. The monoisotopic (exact) mass is 389 g/mol. The highest BCUT2D eigenvalue weighted by atomic mass is 35.5. The third-order valence-electron chi connectivity index (χ3n) is 4.09. The Morgan fingerprint density at radius 1 is 1.15 bits per heavy atom. The third kappa shape index (κ3) is 2.62. The summed E-state index contributed by atoms with van der Waals surface area (Å²) in [5.74, 6) is 0.490. The lowest BCUT2D eigenvalue weighted by Gasteiger charge is -2.16. The summed E-state index contributed by atoms with van der Waals surface area (Å²) in [5.41, 5.74) is 3.25. The van der Waals surface area contributed by atoms with E-state index in [0.717, 1.165) is 5.56 Å². The van der Waals surface area contributed by atoms with E-state index < -0.39 is 0 Å². The molecule has 0 aliphatic carbocycles. The van der Waals surface area contributed by atoms with E-state index in [2.05, 4.69) is 15.3 Å². The fourth-order valence-electron chi connectivity index (χ4n) is 2.83. The molecule has 0 atom stereocenters. The van der Waals surface area contributed by atoms with E-state index in [-0.39, 0.29) is 10.9 Å². The van der Waals surface area contributed by atoms with Crippen LogP contribution in [-0.4, -0.2) is 24.8 Å². The van der Waals surface area contributed by atoms with Crippen LogP contribution in [0.4, 0.5) is 17.2 Å². The molecule has 9 heteroatoms. The molecule has 0 bridgehead atoms. The second-order valence-electron chi connectivity index (χ2n) is 5.72. The minimum Gasteiger partial charge on any atom is -0.336 e. The topological polar surface area (TPSA) is 85.9 Å². The Balaban J connectivity index is 1.97. The summed E-state index contributed by atoms with van der Waals surface area (Å²) in [4.78, 5) is 8.74. The van der Waals surface area contributed by atoms with Gasteiger partial charge in [0.05, 0.1) is 33.8 Å². The summed E-state index contributed by atoms with van der Waals surface area (Å²) in [5, 5.41) is 23.2. The lowest BCUT2D eigenvalue weighted by atomic mass is 10.2. The molecular weight excluding hydrogens is 377 g/mol. The van der Waals surface area contributed by atoms with Crippen molar-refractivity contribution in [3.05, 3.63) is 58.5 Å². The van der Waals surface area contributed by atoms with E-state index in [1.54, 1.807) is 41.2 Å². The van der Waals surface area contributed by atoms with Gasteiger partial charge in [0.25, 0.3) is 0 Å². The van der Waals surface area contributed by atoms with Crippen LogP contribution in [0, 0.1) is 6.92 Å². The number of rotatable bonds is 3. The second-order valence-corrected chi connectivity index (χ2v) is 6.51. The summed E-state index contributed by atoms with van der Waals surface area (Å²) >= 11 is 12.7. The quantitative estimate of drug-likeness (QED) is 0.435. The van der Waals surface area contributed by atoms with Crippen molar-refractivity contribution < 1.29 is 10.4 Å². The van der Waals surface area contributed by atoms with Crippen LogP contribution in [0.25, 0.3) is 16.6 Å². The van der Waals surface area contributed by atoms with Gasteiger partial charge in [-0.1, -0.05) is 35.3 Å². The van der Waals surface area contributed by atoms with Crippen LogP contribution in [0.1, 0.15) is 5.56 Å². The highest BCUT2D eigenvalue weighted by Crippen LogP contribution is 2.37. The molecule has 0 aliphatic rings. The molecule has 0 saturated heterocycles. The van der Waals surface area contributed by atoms with Gasteiger partial charge in [0, 0.05) is 0 Å². The van der Waals surface area contributed by atoms with Crippen molar-refractivity contribution in [2.24, 2.45) is 0 Å². The average Bonchev–Trinajstić information content (AvgIpc) is 3.11. The number of imidazole rings is 1. The first-order valence-electron chi connectivity index (χ1n) is 7.61. The SMILES string of the molecule is Cc1ccc(Cl)c(Nc2nc3cccc(N(O)O)c3n3cncc23)c1Cl. The third-order valence-corrected chi connectivity index (χ3v) is 4.89. The van der Waals surface area contributed by atoms with Gasteiger partial charge in [0.15, 0.2) is 5.82 Å². The number of anilines is 3. The maximum absolute atomic E-state index is 9.50. The Bertz CT molecular complexity index is 1140. The molecule has 26 heavy (non-hydrogen) atoms. The standard InChI is InChI=1S/C17H13Cl2N5O2/c1-9-5-6-10(18)15(14(9)19)22-17-13-7-20-8-23(13)16-11(21-17)3-2-4-12(16)24(25)26/h2-8,25-26H,1H3,(H,21,22). The molecule has 0 radical (unpaired) electrons. The number of nitrogens with zero attached hydrogens (tertiary/aromatic N) is 4. The molecule has 7 nitrogen and oxygen atoms in total. The van der Waals surface area contributed by atoms with Gasteiger partial charge < -0.3 is 5.32 Å². The van der Waals surface area contributed by atoms with Gasteiger partial charge in [-0.3, -0.25) is 14.8 Å². The lowest BCUT2D eigenvalue weighted by Crippen LogP contribution is -2.13. The van der Waals surface area contributed by atoms with Crippen molar-refractivity contribution in [3.8, 4) is 0 Å². The second kappa shape index (κ2) is 6.30. The summed E-state index contributed by atoms with van der Waals surface area (Å²) < 4.78 is 1.71. The summed E-state index contributed by atoms with van der Waals surface area (Å²) in [6.45, 7) is 1.88. The molecule has 0 aliphatic heterocycles. The largest absolute Gasteiger partial charge is 0.336 e. The molecule has 0 spiro atoms. The number of aromatic nitrogens is 3. The van der Waals surface area contributed by atoms with Crippen molar-refractivity contribution in [2.45, 2.75) is 6.92 Å². The van der Waals surface area contributed by atoms with Crippen molar-refractivity contribution in [1.29, 1.82) is 0 Å². The maximum atomic E-state index is 9.50. The zero-order valence-electron chi connectivity index (χ0n) is 13.5. The van der Waals surface area contributed by atoms with Crippen LogP contribution in [-0.2, 0) is 0 Å². The van der Waals surface area contributed by atoms with Crippen LogP contribution in [0.5, 0.6) is 0 Å². The zero-order valence-corrected chi connectivity index (χ0v) is 15.0. The molecule has 3 N–H and O–H groups in total. The smallest absolute Gasteiger partial charge is 0.157 e. The van der Waals surface area contributed by atoms with Gasteiger partial charge in [0.2, 0.25) is 0 Å². The van der Waals surface area contributed by atoms with Crippen LogP contribution < -0.4 is 10.5 Å². The van der Waals surface area contributed by atoms with E-state index >= 15 is 0 Å².